The minimum atomic E-state index is -0.316. The van der Waals surface area contributed by atoms with Crippen LogP contribution in [0, 0.1) is 17.1 Å². The lowest BCUT2D eigenvalue weighted by molar-refractivity contribution is -0.907. The average molecular weight is 312 g/mol. The number of nitriles is 1. The predicted molar refractivity (Wildman–Crippen MR) is 86.2 cm³/mol. The van der Waals surface area contributed by atoms with Gasteiger partial charge in [-0.25, -0.2) is 4.39 Å². The number of hydrogen-bond donors (Lipinski definition) is 2. The number of hydrogen-bond acceptors (Lipinski definition) is 2. The van der Waals surface area contributed by atoms with Gasteiger partial charge in [0.15, 0.2) is 6.04 Å². The van der Waals surface area contributed by atoms with Crippen molar-refractivity contribution in [3.63, 3.8) is 0 Å². The summed E-state index contributed by atoms with van der Waals surface area (Å²) in [6, 6.07) is 14.9. The molecule has 0 aromatic heterocycles. The zero-order chi connectivity index (χ0) is 16.8. The average Bonchev–Trinajstić information content (AvgIpc) is 2.54. The van der Waals surface area contributed by atoms with Crippen molar-refractivity contribution in [1.29, 1.82) is 5.26 Å². The Morgan fingerprint density at radius 2 is 2.04 bits per heavy atom. The van der Waals surface area contributed by atoms with Crippen molar-refractivity contribution in [1.82, 2.24) is 0 Å². The molecule has 2 rings (SSSR count). The Bertz CT molecular complexity index is 739. The molecule has 0 aliphatic carbocycles. The number of carbonyl (C=O) groups excluding carboxylic acids is 1. The topological polar surface area (TPSA) is 57.3 Å². The normalized spacial score (nSPS) is 13.0. The SMILES string of the molecule is C[C@@H](C(=O)Nc1cccc(C#N)c1)[NH+](C)Cc1cccc(F)c1. The van der Waals surface area contributed by atoms with Crippen LogP contribution in [0.1, 0.15) is 18.1 Å². The van der Waals surface area contributed by atoms with E-state index in [0.717, 1.165) is 10.5 Å². The van der Waals surface area contributed by atoms with E-state index in [1.165, 1.54) is 12.1 Å². The quantitative estimate of drug-likeness (QED) is 0.883. The van der Waals surface area contributed by atoms with Gasteiger partial charge in [-0.1, -0.05) is 18.2 Å². The lowest BCUT2D eigenvalue weighted by Crippen LogP contribution is -3.12. The molecule has 118 valence electrons. The highest BCUT2D eigenvalue weighted by Crippen LogP contribution is 2.09. The first kappa shape index (κ1) is 16.7. The summed E-state index contributed by atoms with van der Waals surface area (Å²) in [5.41, 5.74) is 1.93. The summed E-state index contributed by atoms with van der Waals surface area (Å²) >= 11 is 0. The lowest BCUT2D eigenvalue weighted by Gasteiger charge is -2.21. The van der Waals surface area contributed by atoms with Crippen molar-refractivity contribution in [2.24, 2.45) is 0 Å². The van der Waals surface area contributed by atoms with Gasteiger partial charge < -0.3 is 10.2 Å². The molecule has 2 aromatic carbocycles. The molecule has 0 radical (unpaired) electrons. The van der Waals surface area contributed by atoms with Gasteiger partial charge in [-0.05, 0) is 37.3 Å². The maximum absolute atomic E-state index is 13.2. The Hall–Kier alpha value is -2.71. The van der Waals surface area contributed by atoms with Crippen LogP contribution >= 0.6 is 0 Å². The van der Waals surface area contributed by atoms with Crippen LogP contribution in [0.25, 0.3) is 0 Å². The number of carbonyl (C=O) groups is 1. The molecule has 0 aliphatic rings. The second kappa shape index (κ2) is 7.52. The van der Waals surface area contributed by atoms with Crippen LogP contribution in [0.15, 0.2) is 48.5 Å². The van der Waals surface area contributed by atoms with E-state index in [9.17, 15) is 9.18 Å². The molecule has 0 saturated carbocycles. The predicted octanol–water partition coefficient (Wildman–Crippen LogP) is 1.74. The molecule has 0 fully saturated rings. The van der Waals surface area contributed by atoms with Gasteiger partial charge in [0, 0.05) is 11.3 Å². The lowest BCUT2D eigenvalue weighted by atomic mass is 10.1. The zero-order valence-corrected chi connectivity index (χ0v) is 13.1. The van der Waals surface area contributed by atoms with E-state index in [-0.39, 0.29) is 17.8 Å². The Kier molecular flexibility index (Phi) is 5.45. The molecule has 2 atom stereocenters. The summed E-state index contributed by atoms with van der Waals surface area (Å²) in [5, 5.41) is 11.7. The summed E-state index contributed by atoms with van der Waals surface area (Å²) < 4.78 is 13.2. The van der Waals surface area contributed by atoms with Gasteiger partial charge in [-0.3, -0.25) is 4.79 Å². The third-order valence-corrected chi connectivity index (χ3v) is 3.76. The Morgan fingerprint density at radius 3 is 2.74 bits per heavy atom. The smallest absolute Gasteiger partial charge is 0.282 e. The highest BCUT2D eigenvalue weighted by Gasteiger charge is 2.22. The molecule has 0 saturated heterocycles. The van der Waals surface area contributed by atoms with Crippen molar-refractivity contribution in [3.8, 4) is 6.07 Å². The summed E-state index contributed by atoms with van der Waals surface area (Å²) in [4.78, 5) is 13.3. The minimum absolute atomic E-state index is 0.144. The van der Waals surface area contributed by atoms with Crippen molar-refractivity contribution >= 4 is 11.6 Å². The fourth-order valence-electron chi connectivity index (χ4n) is 2.26. The van der Waals surface area contributed by atoms with Crippen LogP contribution in [0.2, 0.25) is 0 Å². The molecule has 0 aliphatic heterocycles. The number of benzene rings is 2. The largest absolute Gasteiger partial charge is 0.324 e. The Morgan fingerprint density at radius 1 is 1.30 bits per heavy atom. The van der Waals surface area contributed by atoms with E-state index >= 15 is 0 Å². The van der Waals surface area contributed by atoms with Crippen LogP contribution in [0.5, 0.6) is 0 Å². The molecular formula is C18H19FN3O+. The van der Waals surface area contributed by atoms with Gasteiger partial charge in [-0.2, -0.15) is 5.26 Å². The number of anilines is 1. The van der Waals surface area contributed by atoms with Crippen molar-refractivity contribution in [3.05, 3.63) is 65.5 Å². The van der Waals surface area contributed by atoms with Gasteiger partial charge in [-0.15, -0.1) is 0 Å². The first-order valence-electron chi connectivity index (χ1n) is 7.37. The Balaban J connectivity index is 1.99. The highest BCUT2D eigenvalue weighted by molar-refractivity contribution is 5.93. The van der Waals surface area contributed by atoms with E-state index in [0.29, 0.717) is 17.8 Å². The standard InChI is InChI=1S/C18H18FN3O/c1-13(22(2)12-15-6-3-7-16(19)9-15)18(23)21-17-8-4-5-14(10-17)11-20/h3-10,13H,12H2,1-2H3,(H,21,23)/p+1/t13-/m0/s1. The first-order valence-corrected chi connectivity index (χ1v) is 7.37. The number of amides is 1. The third-order valence-electron chi connectivity index (χ3n) is 3.76. The molecular weight excluding hydrogens is 293 g/mol. The van der Waals surface area contributed by atoms with Crippen LogP contribution in [0.3, 0.4) is 0 Å². The van der Waals surface area contributed by atoms with Crippen LogP contribution in [-0.4, -0.2) is 19.0 Å². The molecule has 0 heterocycles. The second-order valence-corrected chi connectivity index (χ2v) is 5.56. The van der Waals surface area contributed by atoms with Crippen molar-refractivity contribution in [2.75, 3.05) is 12.4 Å². The number of likely N-dealkylation sites (N-methyl/N-ethyl adjacent to an activating group) is 1. The van der Waals surface area contributed by atoms with E-state index in [1.807, 2.05) is 26.1 Å². The summed E-state index contributed by atoms with van der Waals surface area (Å²) in [6.07, 6.45) is 0. The molecule has 23 heavy (non-hydrogen) atoms. The molecule has 4 nitrogen and oxygen atoms in total. The zero-order valence-electron chi connectivity index (χ0n) is 13.1. The molecule has 2 aromatic rings. The molecule has 2 N–H and O–H groups in total. The summed E-state index contributed by atoms with van der Waals surface area (Å²) in [6.45, 7) is 2.36. The van der Waals surface area contributed by atoms with Crippen LogP contribution in [-0.2, 0) is 11.3 Å². The number of halogens is 1. The van der Waals surface area contributed by atoms with Gasteiger partial charge in [0.1, 0.15) is 12.4 Å². The second-order valence-electron chi connectivity index (χ2n) is 5.56. The number of nitrogens with zero attached hydrogens (tertiary/aromatic N) is 1. The highest BCUT2D eigenvalue weighted by atomic mass is 19.1. The molecule has 0 spiro atoms. The van der Waals surface area contributed by atoms with E-state index in [4.69, 9.17) is 5.26 Å². The third kappa shape index (κ3) is 4.63. The summed E-state index contributed by atoms with van der Waals surface area (Å²) in [7, 11) is 1.89. The molecule has 0 bridgehead atoms. The number of nitrogens with one attached hydrogen (secondary N) is 2. The van der Waals surface area contributed by atoms with Gasteiger partial charge in [0.05, 0.1) is 18.7 Å². The van der Waals surface area contributed by atoms with E-state index in [2.05, 4.69) is 5.32 Å². The fourth-order valence-corrected chi connectivity index (χ4v) is 2.26. The van der Waals surface area contributed by atoms with Gasteiger partial charge >= 0.3 is 0 Å². The van der Waals surface area contributed by atoms with E-state index < -0.39 is 0 Å². The minimum Gasteiger partial charge on any atom is -0.324 e. The van der Waals surface area contributed by atoms with Crippen LogP contribution < -0.4 is 10.2 Å². The monoisotopic (exact) mass is 312 g/mol. The first-order chi connectivity index (χ1) is 11.0. The Labute approximate surface area is 135 Å². The molecule has 5 heteroatoms. The summed E-state index contributed by atoms with van der Waals surface area (Å²) in [5.74, 6) is -0.422. The maximum atomic E-state index is 13.2. The maximum Gasteiger partial charge on any atom is 0.282 e. The number of quaternary nitrogens is 1. The van der Waals surface area contributed by atoms with Crippen molar-refractivity contribution < 1.29 is 14.1 Å². The van der Waals surface area contributed by atoms with Crippen molar-refractivity contribution in [2.45, 2.75) is 19.5 Å². The molecule has 1 unspecified atom stereocenters. The van der Waals surface area contributed by atoms with Gasteiger partial charge in [0.25, 0.3) is 5.91 Å². The fraction of sp³-hybridized carbons (Fsp3) is 0.222. The number of rotatable bonds is 5. The molecule has 1 amide bonds. The van der Waals surface area contributed by atoms with Crippen LogP contribution in [0.4, 0.5) is 10.1 Å². The van der Waals surface area contributed by atoms with E-state index in [1.54, 1.807) is 30.3 Å². The van der Waals surface area contributed by atoms with Gasteiger partial charge in [0.2, 0.25) is 0 Å².